The van der Waals surface area contributed by atoms with Crippen molar-refractivity contribution < 1.29 is 64.9 Å². The Labute approximate surface area is 210 Å². The van der Waals surface area contributed by atoms with Gasteiger partial charge in [0.25, 0.3) is 11.8 Å². The third kappa shape index (κ3) is 12.9. The highest BCUT2D eigenvalue weighted by molar-refractivity contribution is 8.76. The van der Waals surface area contributed by atoms with Crippen LogP contribution in [-0.4, -0.2) is 73.6 Å². The van der Waals surface area contributed by atoms with Gasteiger partial charge in [0.05, 0.1) is 14.2 Å². The molecular formula is C18H36Cl2N4O6S2. The zero-order chi connectivity index (χ0) is 23.4. The fraction of sp³-hybridized carbons (Fsp3) is 0.778. The lowest BCUT2D eigenvalue weighted by atomic mass is 10.0. The average Bonchev–Trinajstić information content (AvgIpc) is 2.71. The molecule has 0 radical (unpaired) electrons. The first kappa shape index (κ1) is 35.7. The molecule has 0 aromatic heterocycles. The fourth-order valence-corrected chi connectivity index (χ4v) is 4.31. The lowest BCUT2D eigenvalue weighted by Crippen LogP contribution is -3.00. The molecule has 8 N–H and O–H groups in total. The van der Waals surface area contributed by atoms with Crippen molar-refractivity contribution in [3.05, 3.63) is 0 Å². The first-order valence-corrected chi connectivity index (χ1v) is 12.1. The Morgan fingerprint density at radius 3 is 1.22 bits per heavy atom. The van der Waals surface area contributed by atoms with Crippen LogP contribution < -0.4 is 46.9 Å². The largest absolute Gasteiger partial charge is 1.00 e. The smallest absolute Gasteiger partial charge is 0.329 e. The van der Waals surface area contributed by atoms with Crippen LogP contribution in [0.1, 0.15) is 27.7 Å². The van der Waals surface area contributed by atoms with Crippen LogP contribution in [0.15, 0.2) is 0 Å². The van der Waals surface area contributed by atoms with E-state index in [2.05, 4.69) is 22.1 Å². The van der Waals surface area contributed by atoms with Gasteiger partial charge < -0.3 is 56.4 Å². The van der Waals surface area contributed by atoms with E-state index in [0.29, 0.717) is 0 Å². The average molecular weight is 540 g/mol. The molecule has 2 amide bonds. The van der Waals surface area contributed by atoms with Gasteiger partial charge in [0, 0.05) is 23.3 Å². The number of ether oxygens (including phenoxy) is 2. The highest BCUT2D eigenvalue weighted by Crippen LogP contribution is 2.23. The minimum atomic E-state index is -0.848. The molecular weight excluding hydrogens is 503 g/mol. The Hall–Kier alpha value is -0.920. The van der Waals surface area contributed by atoms with E-state index in [0.717, 1.165) is 0 Å². The molecule has 0 unspecified atom stereocenters. The maximum atomic E-state index is 12.2. The Kier molecular flexibility index (Phi) is 20.6. The van der Waals surface area contributed by atoms with Crippen LogP contribution in [0.25, 0.3) is 0 Å². The lowest BCUT2D eigenvalue weighted by Gasteiger charge is -2.20. The van der Waals surface area contributed by atoms with Crippen molar-refractivity contribution in [1.29, 1.82) is 0 Å². The maximum Gasteiger partial charge on any atom is 0.329 e. The second-order valence-corrected chi connectivity index (χ2v) is 9.99. The number of halogens is 2. The van der Waals surface area contributed by atoms with E-state index in [4.69, 9.17) is 9.47 Å². The number of methoxy groups -OCH3 is 2. The molecule has 0 aliphatic rings. The third-order valence-corrected chi connectivity index (χ3v) is 6.86. The summed E-state index contributed by atoms with van der Waals surface area (Å²) in [6.07, 6.45) is 0. The van der Waals surface area contributed by atoms with E-state index in [1.54, 1.807) is 0 Å². The van der Waals surface area contributed by atoms with E-state index in [9.17, 15) is 19.2 Å². The van der Waals surface area contributed by atoms with Gasteiger partial charge >= 0.3 is 11.9 Å². The zero-order valence-electron chi connectivity index (χ0n) is 19.3. The number of amides is 2. The third-order valence-electron chi connectivity index (χ3n) is 4.44. The number of carbonyl (C=O) groups is 4. The van der Waals surface area contributed by atoms with Gasteiger partial charge in [0.1, 0.15) is 12.1 Å². The van der Waals surface area contributed by atoms with Crippen molar-refractivity contribution >= 4 is 45.3 Å². The minimum Gasteiger partial charge on any atom is -1.00 e. The summed E-state index contributed by atoms with van der Waals surface area (Å²) in [7, 11) is 5.03. The van der Waals surface area contributed by atoms with Crippen molar-refractivity contribution in [3.8, 4) is 0 Å². The summed E-state index contributed by atoms with van der Waals surface area (Å²) in [5, 5.41) is 5.30. The summed E-state index contributed by atoms with van der Waals surface area (Å²) in [4.78, 5) is 48.4. The fourth-order valence-electron chi connectivity index (χ4n) is 2.02. The summed E-state index contributed by atoms with van der Waals surface area (Å²) >= 11 is 0. The Balaban J connectivity index is -0.00000420. The number of quaternary nitrogens is 2. The predicted octanol–water partition coefficient (Wildman–Crippen LogP) is -7.78. The molecule has 10 nitrogen and oxygen atoms in total. The molecule has 32 heavy (non-hydrogen) atoms. The lowest BCUT2D eigenvalue weighted by molar-refractivity contribution is -0.414. The van der Waals surface area contributed by atoms with Crippen LogP contribution in [0.3, 0.4) is 0 Å². The second-order valence-electron chi connectivity index (χ2n) is 7.44. The molecule has 0 fully saturated rings. The highest BCUT2D eigenvalue weighted by atomic mass is 35.5. The molecule has 0 heterocycles. The highest BCUT2D eigenvalue weighted by Gasteiger charge is 2.30. The van der Waals surface area contributed by atoms with Gasteiger partial charge in [0.15, 0.2) is 12.1 Å². The molecule has 0 aromatic carbocycles. The summed E-state index contributed by atoms with van der Waals surface area (Å²) in [6.45, 7) is 7.47. The predicted molar refractivity (Wildman–Crippen MR) is 116 cm³/mol. The first-order chi connectivity index (χ1) is 14.0. The Morgan fingerprint density at radius 1 is 0.719 bits per heavy atom. The van der Waals surface area contributed by atoms with Gasteiger partial charge in [-0.2, -0.15) is 0 Å². The number of nitrogens with one attached hydrogen (secondary N) is 2. The van der Waals surface area contributed by atoms with Gasteiger partial charge in [-0.15, -0.1) is 0 Å². The van der Waals surface area contributed by atoms with E-state index >= 15 is 0 Å². The van der Waals surface area contributed by atoms with E-state index < -0.39 is 36.1 Å². The number of hydrogen-bond acceptors (Lipinski definition) is 8. The number of rotatable bonds is 13. The molecule has 0 aromatic rings. The molecule has 0 aliphatic heterocycles. The van der Waals surface area contributed by atoms with Crippen molar-refractivity contribution in [1.82, 2.24) is 10.6 Å². The molecule has 0 rings (SSSR count). The summed E-state index contributed by atoms with van der Waals surface area (Å²) in [5.41, 5.74) is 7.61. The van der Waals surface area contributed by atoms with E-state index in [-0.39, 0.29) is 60.0 Å². The van der Waals surface area contributed by atoms with Crippen molar-refractivity contribution in [2.24, 2.45) is 11.8 Å². The minimum absolute atomic E-state index is 0. The van der Waals surface area contributed by atoms with Crippen LogP contribution in [0.4, 0.5) is 0 Å². The summed E-state index contributed by atoms with van der Waals surface area (Å²) in [6, 6.07) is -2.69. The second kappa shape index (κ2) is 18.5. The number of hydrogen-bond donors (Lipinski definition) is 4. The van der Waals surface area contributed by atoms with Gasteiger partial charge in [-0.3, -0.25) is 9.59 Å². The standard InChI is InChI=1S/C18H34N4O6S2.2ClH/c1-9(2)13(19)15(23)21-11(17(25)27-5)7-29-30-8-12(18(26)28-6)22-16(24)14(20)10(3)4;;/h9-14H,7-8,19-20H2,1-6H3,(H,21,23)(H,22,24);2*1H/t11-,12-,13+,14+;;/m1../s1. The van der Waals surface area contributed by atoms with E-state index in [1.807, 2.05) is 27.7 Å². The van der Waals surface area contributed by atoms with Crippen LogP contribution in [0.2, 0.25) is 0 Å². The maximum absolute atomic E-state index is 12.2. The number of carbonyl (C=O) groups excluding carboxylic acids is 4. The molecule has 14 heteroatoms. The normalized spacial score (nSPS) is 14.2. The van der Waals surface area contributed by atoms with Gasteiger partial charge in [-0.05, 0) is 0 Å². The molecule has 0 saturated heterocycles. The zero-order valence-corrected chi connectivity index (χ0v) is 22.5. The van der Waals surface area contributed by atoms with Crippen molar-refractivity contribution in [2.75, 3.05) is 25.7 Å². The molecule has 0 aliphatic carbocycles. The molecule has 0 saturated carbocycles. The monoisotopic (exact) mass is 538 g/mol. The topological polar surface area (TPSA) is 166 Å². The van der Waals surface area contributed by atoms with Gasteiger partial charge in [-0.1, -0.05) is 49.3 Å². The van der Waals surface area contributed by atoms with Gasteiger partial charge in [0.2, 0.25) is 0 Å². The quantitative estimate of drug-likeness (QED) is 0.102. The summed E-state index contributed by atoms with van der Waals surface area (Å²) in [5.74, 6) is -1.31. The van der Waals surface area contributed by atoms with Crippen molar-refractivity contribution in [2.45, 2.75) is 51.9 Å². The van der Waals surface area contributed by atoms with E-state index in [1.165, 1.54) is 35.8 Å². The molecule has 0 bridgehead atoms. The van der Waals surface area contributed by atoms with Crippen LogP contribution >= 0.6 is 21.6 Å². The van der Waals surface area contributed by atoms with Crippen LogP contribution in [0.5, 0.6) is 0 Å². The SMILES string of the molecule is COC(=O)[C@@H](CSSC[C@@H](NC(=O)[C@@H]([NH3+])C(C)C)C(=O)OC)NC(=O)[C@@H]([NH3+])C(C)C.[Cl-].[Cl-]. The molecule has 4 atom stereocenters. The number of esters is 2. The molecule has 0 spiro atoms. The summed E-state index contributed by atoms with van der Waals surface area (Å²) < 4.78 is 9.51. The molecule has 190 valence electrons. The Morgan fingerprint density at radius 2 is 1.00 bits per heavy atom. The Bertz CT molecular complexity index is 552. The van der Waals surface area contributed by atoms with Crippen LogP contribution in [-0.2, 0) is 28.7 Å². The first-order valence-electron chi connectivity index (χ1n) is 9.63. The van der Waals surface area contributed by atoms with Gasteiger partial charge in [-0.25, -0.2) is 9.59 Å². The van der Waals surface area contributed by atoms with Crippen LogP contribution in [0, 0.1) is 11.8 Å². The van der Waals surface area contributed by atoms with Crippen molar-refractivity contribution in [3.63, 3.8) is 0 Å².